The Morgan fingerprint density at radius 2 is 0.613 bits per heavy atom. The van der Waals surface area contributed by atoms with Crippen molar-refractivity contribution in [2.75, 3.05) is 9.80 Å². The molecular formula is C88H71BN4. The Bertz CT molecular complexity index is 5030. The van der Waals surface area contributed by atoms with Crippen molar-refractivity contribution in [3.63, 3.8) is 0 Å². The van der Waals surface area contributed by atoms with Gasteiger partial charge in [-0.1, -0.05) is 241 Å². The number of hydrogen-bond acceptors (Lipinski definition) is 2. The van der Waals surface area contributed by atoms with Crippen LogP contribution in [-0.2, 0) is 10.8 Å². The summed E-state index contributed by atoms with van der Waals surface area (Å²) in [6, 6.07) is 108. The summed E-state index contributed by atoms with van der Waals surface area (Å²) in [6.45, 7) is 18.3. The van der Waals surface area contributed by atoms with Crippen molar-refractivity contribution in [3.8, 4) is 55.9 Å². The highest BCUT2D eigenvalue weighted by atomic mass is 15.2. The van der Waals surface area contributed by atoms with Gasteiger partial charge in [0, 0.05) is 77.9 Å². The lowest BCUT2D eigenvalue weighted by atomic mass is 9.33. The molecule has 2 aromatic heterocycles. The summed E-state index contributed by atoms with van der Waals surface area (Å²) in [7, 11) is 0. The predicted molar refractivity (Wildman–Crippen MR) is 398 cm³/mol. The smallest absolute Gasteiger partial charge is 0.252 e. The molecule has 0 amide bonds. The van der Waals surface area contributed by atoms with Gasteiger partial charge in [0.15, 0.2) is 0 Å². The van der Waals surface area contributed by atoms with Gasteiger partial charge in [-0.2, -0.15) is 0 Å². The molecule has 0 saturated heterocycles. The minimum absolute atomic E-state index is 0.166. The largest absolute Gasteiger partial charge is 0.310 e. The molecule has 15 aromatic rings. The van der Waals surface area contributed by atoms with Crippen LogP contribution in [0.4, 0.5) is 34.1 Å². The molecule has 0 spiro atoms. The van der Waals surface area contributed by atoms with E-state index in [0.717, 1.165) is 67.8 Å². The van der Waals surface area contributed by atoms with Gasteiger partial charge in [-0.15, -0.1) is 0 Å². The first-order valence-corrected chi connectivity index (χ1v) is 32.9. The van der Waals surface area contributed by atoms with Crippen LogP contribution in [-0.4, -0.2) is 15.8 Å². The van der Waals surface area contributed by atoms with Crippen molar-refractivity contribution in [3.05, 3.63) is 307 Å². The summed E-state index contributed by atoms with van der Waals surface area (Å²) in [5.41, 5.74) is 31.6. The number of hydrogen-bond donors (Lipinski definition) is 0. The molecule has 0 saturated carbocycles. The van der Waals surface area contributed by atoms with E-state index in [4.69, 9.17) is 0 Å². The van der Waals surface area contributed by atoms with Crippen LogP contribution >= 0.6 is 0 Å². The molecule has 5 heteroatoms. The molecule has 17 rings (SSSR count). The Kier molecular flexibility index (Phi) is 12.9. The molecule has 13 aromatic carbocycles. The third kappa shape index (κ3) is 9.03. The third-order valence-electron chi connectivity index (χ3n) is 19.9. The standard InChI is InChI=1S/C88H71BN4/c1-56-40-46-78-72(48-56)66-34-21-23-36-76(66)90(78)64-42-44-74-82(54-64)92(85-68(58-26-13-9-14-27-58)50-62(87(3,4)5)51-69(85)59-28-15-10-16-29-59)80-38-25-39-81-84(80)89(74)75-45-43-65(91-77-37-24-22-35-67(77)73-49-57(2)41-47-79(73)91)55-83(75)93(81)86-70(60-30-17-11-18-31-60)52-63(88(6,7)8)53-71(86)61-32-19-12-20-33-61/h9-55H,1-8H3. The molecular weight excluding hydrogens is 1120 g/mol. The lowest BCUT2D eigenvalue weighted by Gasteiger charge is -2.46. The van der Waals surface area contributed by atoms with Crippen molar-refractivity contribution in [2.24, 2.45) is 0 Å². The summed E-state index contributed by atoms with van der Waals surface area (Å²) in [6.07, 6.45) is 0. The average Bonchev–Trinajstić information content (AvgIpc) is 1.65. The van der Waals surface area contributed by atoms with E-state index in [2.05, 4.69) is 359 Å². The summed E-state index contributed by atoms with van der Waals surface area (Å²) in [5, 5.41) is 4.99. The first kappa shape index (κ1) is 56.1. The molecule has 0 N–H and O–H groups in total. The highest BCUT2D eigenvalue weighted by molar-refractivity contribution is 7.00. The fraction of sp³-hybridized carbons (Fsp3) is 0.114. The lowest BCUT2D eigenvalue weighted by Crippen LogP contribution is -2.61. The van der Waals surface area contributed by atoms with Gasteiger partial charge in [0.25, 0.3) is 6.71 Å². The van der Waals surface area contributed by atoms with Crippen LogP contribution in [0, 0.1) is 13.8 Å². The summed E-state index contributed by atoms with van der Waals surface area (Å²) in [4.78, 5) is 5.36. The van der Waals surface area contributed by atoms with E-state index in [-0.39, 0.29) is 17.5 Å². The van der Waals surface area contributed by atoms with E-state index < -0.39 is 0 Å². The number of nitrogens with zero attached hydrogens (tertiary/aromatic N) is 4. The zero-order valence-electron chi connectivity index (χ0n) is 54.0. The zero-order valence-corrected chi connectivity index (χ0v) is 54.0. The van der Waals surface area contributed by atoms with Gasteiger partial charge in [0.05, 0.1) is 33.4 Å². The predicted octanol–water partition coefficient (Wildman–Crippen LogP) is 21.8. The third-order valence-corrected chi connectivity index (χ3v) is 19.9. The highest BCUT2D eigenvalue weighted by Crippen LogP contribution is 2.55. The van der Waals surface area contributed by atoms with Gasteiger partial charge in [0.1, 0.15) is 0 Å². The van der Waals surface area contributed by atoms with Crippen LogP contribution in [0.25, 0.3) is 99.5 Å². The number of aromatic nitrogens is 2. The SMILES string of the molecule is Cc1ccc2c(c1)c1ccccc1n2-c1ccc2c(c1)N(c1c(-c3ccccc3)cc(C(C)(C)C)cc1-c1ccccc1)c1cccc3c1B2c1ccc(-n2c4ccccc4c4cc(C)ccc42)cc1N3c1c(-c2ccccc2)cc(C(C)(C)C)cc1-c1ccccc1. The maximum atomic E-state index is 2.68. The molecule has 93 heavy (non-hydrogen) atoms. The molecule has 446 valence electrons. The van der Waals surface area contributed by atoms with Crippen LogP contribution in [0.2, 0.25) is 0 Å². The minimum Gasteiger partial charge on any atom is -0.310 e. The molecule has 0 unspecified atom stereocenters. The molecule has 4 heterocycles. The van der Waals surface area contributed by atoms with E-state index in [1.165, 1.54) is 105 Å². The number of benzene rings is 13. The second kappa shape index (κ2) is 21.4. The van der Waals surface area contributed by atoms with Gasteiger partial charge in [-0.25, -0.2) is 0 Å². The normalized spacial score (nSPS) is 12.9. The summed E-state index contributed by atoms with van der Waals surface area (Å²) < 4.78 is 5.00. The van der Waals surface area contributed by atoms with Gasteiger partial charge in [-0.3, -0.25) is 0 Å². The van der Waals surface area contributed by atoms with Gasteiger partial charge in [-0.05, 0) is 172 Å². The molecule has 0 bridgehead atoms. The lowest BCUT2D eigenvalue weighted by molar-refractivity contribution is 0.590. The van der Waals surface area contributed by atoms with E-state index in [1.807, 2.05) is 0 Å². The second-order valence-electron chi connectivity index (χ2n) is 27.9. The fourth-order valence-corrected chi connectivity index (χ4v) is 15.4. The Balaban J connectivity index is 1.04. The zero-order chi connectivity index (χ0) is 63.0. The van der Waals surface area contributed by atoms with Crippen LogP contribution in [0.5, 0.6) is 0 Å². The summed E-state index contributed by atoms with van der Waals surface area (Å²) in [5.74, 6) is 0. The van der Waals surface area contributed by atoms with E-state index in [0.29, 0.717) is 0 Å². The van der Waals surface area contributed by atoms with Crippen molar-refractivity contribution >= 4 is 101 Å². The first-order valence-electron chi connectivity index (χ1n) is 32.9. The Labute approximate surface area is 546 Å². The number of fused-ring (bicyclic) bond motifs is 10. The average molecular weight is 1200 g/mol. The quantitative estimate of drug-likeness (QED) is 0.141. The molecule has 0 fully saturated rings. The van der Waals surface area contributed by atoms with Gasteiger partial charge < -0.3 is 18.9 Å². The first-order chi connectivity index (χ1) is 45.2. The van der Waals surface area contributed by atoms with Crippen LogP contribution in [0.1, 0.15) is 63.8 Å². The monoisotopic (exact) mass is 1190 g/mol. The fourth-order valence-electron chi connectivity index (χ4n) is 15.4. The van der Waals surface area contributed by atoms with Crippen LogP contribution in [0.15, 0.2) is 285 Å². The minimum atomic E-state index is -0.193. The number of para-hydroxylation sites is 2. The van der Waals surface area contributed by atoms with Crippen molar-refractivity contribution < 1.29 is 0 Å². The number of anilines is 6. The van der Waals surface area contributed by atoms with Gasteiger partial charge in [0.2, 0.25) is 0 Å². The molecule has 2 aliphatic rings. The van der Waals surface area contributed by atoms with Crippen molar-refractivity contribution in [1.82, 2.24) is 9.13 Å². The van der Waals surface area contributed by atoms with E-state index in [9.17, 15) is 0 Å². The van der Waals surface area contributed by atoms with Crippen LogP contribution < -0.4 is 26.2 Å². The van der Waals surface area contributed by atoms with Crippen molar-refractivity contribution in [2.45, 2.75) is 66.2 Å². The Morgan fingerprint density at radius 3 is 0.968 bits per heavy atom. The molecule has 4 nitrogen and oxygen atoms in total. The maximum absolute atomic E-state index is 2.68. The van der Waals surface area contributed by atoms with Gasteiger partial charge >= 0.3 is 0 Å². The Hall–Kier alpha value is -10.9. The second-order valence-corrected chi connectivity index (χ2v) is 27.9. The van der Waals surface area contributed by atoms with Crippen molar-refractivity contribution in [1.29, 1.82) is 0 Å². The number of rotatable bonds is 8. The summed E-state index contributed by atoms with van der Waals surface area (Å²) >= 11 is 0. The van der Waals surface area contributed by atoms with Crippen LogP contribution in [0.3, 0.4) is 0 Å². The number of aryl methyl sites for hydroxylation is 2. The highest BCUT2D eigenvalue weighted by Gasteiger charge is 2.46. The molecule has 0 aliphatic carbocycles. The molecule has 2 aliphatic heterocycles. The topological polar surface area (TPSA) is 16.3 Å². The van der Waals surface area contributed by atoms with E-state index >= 15 is 0 Å². The Morgan fingerprint density at radius 1 is 0.280 bits per heavy atom. The maximum Gasteiger partial charge on any atom is 0.252 e. The molecule has 0 radical (unpaired) electrons. The molecule has 0 atom stereocenters. The van der Waals surface area contributed by atoms with E-state index in [1.54, 1.807) is 0 Å².